The summed E-state index contributed by atoms with van der Waals surface area (Å²) in [7, 11) is 1.66. The Kier molecular flexibility index (Phi) is 3.46. The van der Waals surface area contributed by atoms with Gasteiger partial charge in [-0.05, 0) is 31.2 Å². The lowest BCUT2D eigenvalue weighted by Gasteiger charge is -2.10. The van der Waals surface area contributed by atoms with Crippen molar-refractivity contribution in [3.63, 3.8) is 0 Å². The molecule has 2 aromatic carbocycles. The zero-order chi connectivity index (χ0) is 16.5. The van der Waals surface area contributed by atoms with Crippen LogP contribution in [0.1, 0.15) is 5.82 Å². The third kappa shape index (κ3) is 2.31. The lowest BCUT2D eigenvalue weighted by atomic mass is 10.1. The number of hydrogen-bond acceptors (Lipinski definition) is 4. The van der Waals surface area contributed by atoms with Gasteiger partial charge in [0.1, 0.15) is 29.1 Å². The highest BCUT2D eigenvalue weighted by Crippen LogP contribution is 2.29. The van der Waals surface area contributed by atoms with E-state index < -0.39 is 0 Å². The predicted molar refractivity (Wildman–Crippen MR) is 93.4 cm³/mol. The summed E-state index contributed by atoms with van der Waals surface area (Å²) >= 11 is 0. The predicted octanol–water partition coefficient (Wildman–Crippen LogP) is 3.80. The Balaban J connectivity index is 2.00. The first-order chi connectivity index (χ1) is 11.8. The minimum atomic E-state index is 0.692. The van der Waals surface area contributed by atoms with Gasteiger partial charge in [0.05, 0.1) is 7.11 Å². The Morgan fingerprint density at radius 1 is 0.917 bits per heavy atom. The second-order valence-electron chi connectivity index (χ2n) is 5.45. The van der Waals surface area contributed by atoms with Crippen LogP contribution in [0.15, 0.2) is 60.9 Å². The first-order valence-electron chi connectivity index (χ1n) is 7.68. The Morgan fingerprint density at radius 2 is 1.67 bits per heavy atom. The van der Waals surface area contributed by atoms with Crippen molar-refractivity contribution >= 4 is 11.2 Å². The van der Waals surface area contributed by atoms with Crippen molar-refractivity contribution in [3.05, 3.63) is 66.7 Å². The molecule has 5 heteroatoms. The largest absolute Gasteiger partial charge is 0.497 e. The number of rotatable bonds is 3. The zero-order valence-corrected chi connectivity index (χ0v) is 13.5. The second-order valence-corrected chi connectivity index (χ2v) is 5.45. The van der Waals surface area contributed by atoms with Gasteiger partial charge >= 0.3 is 0 Å². The molecule has 0 aliphatic heterocycles. The average molecular weight is 316 g/mol. The van der Waals surface area contributed by atoms with Crippen molar-refractivity contribution in [2.24, 2.45) is 0 Å². The Bertz CT molecular complexity index is 991. The highest BCUT2D eigenvalue weighted by Gasteiger charge is 2.16. The van der Waals surface area contributed by atoms with E-state index in [4.69, 9.17) is 4.74 Å². The number of benzene rings is 2. The van der Waals surface area contributed by atoms with E-state index >= 15 is 0 Å². The van der Waals surface area contributed by atoms with Crippen LogP contribution in [0.5, 0.6) is 5.75 Å². The van der Waals surface area contributed by atoms with Gasteiger partial charge in [0.15, 0.2) is 5.65 Å². The SMILES string of the molecule is COc1ccc(-n2c(C)nc3ncnc(-c4ccccc4)c32)cc1. The minimum absolute atomic E-state index is 0.692. The molecule has 0 saturated carbocycles. The molecule has 5 nitrogen and oxygen atoms in total. The van der Waals surface area contributed by atoms with Gasteiger partial charge < -0.3 is 4.74 Å². The van der Waals surface area contributed by atoms with Gasteiger partial charge in [0.2, 0.25) is 0 Å². The number of ether oxygens (including phenoxy) is 1. The van der Waals surface area contributed by atoms with Gasteiger partial charge in [-0.3, -0.25) is 4.57 Å². The first kappa shape index (κ1) is 14.4. The maximum Gasteiger partial charge on any atom is 0.182 e. The molecule has 0 fully saturated rings. The fourth-order valence-electron chi connectivity index (χ4n) is 2.88. The van der Waals surface area contributed by atoms with Gasteiger partial charge in [-0.15, -0.1) is 0 Å². The summed E-state index contributed by atoms with van der Waals surface area (Å²) < 4.78 is 7.33. The molecule has 0 atom stereocenters. The van der Waals surface area contributed by atoms with E-state index in [1.807, 2.05) is 61.5 Å². The molecule has 0 aliphatic carbocycles. The number of methoxy groups -OCH3 is 1. The molecule has 0 aliphatic rings. The van der Waals surface area contributed by atoms with Crippen LogP contribution in [0.25, 0.3) is 28.1 Å². The first-order valence-corrected chi connectivity index (χ1v) is 7.68. The van der Waals surface area contributed by atoms with Crippen LogP contribution in [-0.4, -0.2) is 26.6 Å². The number of hydrogen-bond donors (Lipinski definition) is 0. The molecule has 0 bridgehead atoms. The normalized spacial score (nSPS) is 10.9. The Labute approximate surface area is 139 Å². The van der Waals surface area contributed by atoms with Crippen LogP contribution in [0.3, 0.4) is 0 Å². The van der Waals surface area contributed by atoms with Crippen LogP contribution in [-0.2, 0) is 0 Å². The van der Waals surface area contributed by atoms with Crippen LogP contribution < -0.4 is 4.74 Å². The van der Waals surface area contributed by atoms with Crippen molar-refractivity contribution < 1.29 is 4.74 Å². The summed E-state index contributed by atoms with van der Waals surface area (Å²) in [5, 5.41) is 0. The van der Waals surface area contributed by atoms with Crippen LogP contribution in [0, 0.1) is 6.92 Å². The quantitative estimate of drug-likeness (QED) is 0.577. The fraction of sp³-hybridized carbons (Fsp3) is 0.105. The van der Waals surface area contributed by atoms with Gasteiger partial charge in [0.25, 0.3) is 0 Å². The van der Waals surface area contributed by atoms with Crippen molar-refractivity contribution in [2.45, 2.75) is 6.92 Å². The number of imidazole rings is 1. The highest BCUT2D eigenvalue weighted by molar-refractivity contribution is 5.89. The molecule has 0 radical (unpaired) electrons. The monoisotopic (exact) mass is 316 g/mol. The van der Waals surface area contributed by atoms with Gasteiger partial charge in [0, 0.05) is 11.3 Å². The van der Waals surface area contributed by atoms with Crippen molar-refractivity contribution in [2.75, 3.05) is 7.11 Å². The summed E-state index contributed by atoms with van der Waals surface area (Å²) in [5.41, 5.74) is 4.52. The number of fused-ring (bicyclic) bond motifs is 1. The molecular formula is C19H16N4O. The molecule has 0 spiro atoms. The van der Waals surface area contributed by atoms with Gasteiger partial charge in [-0.25, -0.2) is 15.0 Å². The molecule has 0 saturated heterocycles. The third-order valence-electron chi connectivity index (χ3n) is 4.00. The minimum Gasteiger partial charge on any atom is -0.497 e. The molecular weight excluding hydrogens is 300 g/mol. The molecule has 2 heterocycles. The summed E-state index contributed by atoms with van der Waals surface area (Å²) in [6.45, 7) is 1.97. The van der Waals surface area contributed by atoms with E-state index in [1.54, 1.807) is 13.4 Å². The van der Waals surface area contributed by atoms with Crippen LogP contribution in [0.2, 0.25) is 0 Å². The summed E-state index contributed by atoms with van der Waals surface area (Å²) in [6.07, 6.45) is 1.56. The fourth-order valence-corrected chi connectivity index (χ4v) is 2.88. The maximum atomic E-state index is 5.25. The molecule has 0 unspecified atom stereocenters. The standard InChI is InChI=1S/C19H16N4O/c1-13-22-19-18(23(13)15-8-10-16(24-2)11-9-15)17(20-12-21-19)14-6-4-3-5-7-14/h3-12H,1-2H3. The zero-order valence-electron chi connectivity index (χ0n) is 13.5. The van der Waals surface area contributed by atoms with E-state index in [1.165, 1.54) is 0 Å². The smallest absolute Gasteiger partial charge is 0.182 e. The van der Waals surface area contributed by atoms with E-state index in [-0.39, 0.29) is 0 Å². The molecule has 118 valence electrons. The lowest BCUT2D eigenvalue weighted by Crippen LogP contribution is -1.99. The molecule has 4 rings (SSSR count). The molecule has 2 aromatic heterocycles. The highest BCUT2D eigenvalue weighted by atomic mass is 16.5. The second kappa shape index (κ2) is 5.77. The Morgan fingerprint density at radius 3 is 2.38 bits per heavy atom. The van der Waals surface area contributed by atoms with E-state index in [9.17, 15) is 0 Å². The third-order valence-corrected chi connectivity index (χ3v) is 4.00. The topological polar surface area (TPSA) is 52.8 Å². The number of aryl methyl sites for hydroxylation is 1. The van der Waals surface area contributed by atoms with Crippen molar-refractivity contribution in [1.29, 1.82) is 0 Å². The maximum absolute atomic E-state index is 5.25. The summed E-state index contributed by atoms with van der Waals surface area (Å²) in [5.74, 6) is 1.69. The van der Waals surface area contributed by atoms with E-state index in [0.717, 1.165) is 34.0 Å². The lowest BCUT2D eigenvalue weighted by molar-refractivity contribution is 0.415. The molecule has 24 heavy (non-hydrogen) atoms. The summed E-state index contributed by atoms with van der Waals surface area (Å²) in [6, 6.07) is 18.0. The van der Waals surface area contributed by atoms with Crippen LogP contribution in [0.4, 0.5) is 0 Å². The van der Waals surface area contributed by atoms with Crippen molar-refractivity contribution in [3.8, 4) is 22.7 Å². The van der Waals surface area contributed by atoms with E-state index in [0.29, 0.717) is 5.65 Å². The van der Waals surface area contributed by atoms with E-state index in [2.05, 4.69) is 19.5 Å². The summed E-state index contributed by atoms with van der Waals surface area (Å²) in [4.78, 5) is 13.5. The van der Waals surface area contributed by atoms with Gasteiger partial charge in [-0.2, -0.15) is 0 Å². The Hall–Kier alpha value is -3.21. The van der Waals surface area contributed by atoms with Gasteiger partial charge in [-0.1, -0.05) is 30.3 Å². The number of aromatic nitrogens is 4. The number of nitrogens with zero attached hydrogens (tertiary/aromatic N) is 4. The van der Waals surface area contributed by atoms with Crippen molar-refractivity contribution in [1.82, 2.24) is 19.5 Å². The average Bonchev–Trinajstić information content (AvgIpc) is 2.98. The molecule has 0 N–H and O–H groups in total. The molecule has 0 amide bonds. The molecule has 4 aromatic rings. The van der Waals surface area contributed by atoms with Crippen LogP contribution >= 0.6 is 0 Å².